The van der Waals surface area contributed by atoms with Crippen molar-refractivity contribution < 1.29 is 14.7 Å². The fraction of sp³-hybridized carbons (Fsp3) is 0.481. The van der Waals surface area contributed by atoms with Crippen molar-refractivity contribution in [2.45, 2.75) is 50.6 Å². The van der Waals surface area contributed by atoms with E-state index in [1.165, 1.54) is 0 Å². The number of likely N-dealkylation sites (tertiary alicyclic amines) is 1. The SMILES string of the molecule is CN(C)C1CCN(C(=O)C2CCC(Nc3nccc(-n4cc(C(=O)O)c5ccccc54)n3)CC2)CC1. The molecular weight excluding hydrogens is 456 g/mol. The third-order valence-electron chi connectivity index (χ3n) is 7.75. The lowest BCUT2D eigenvalue weighted by atomic mass is 9.84. The number of fused-ring (bicyclic) bond motifs is 1. The maximum absolute atomic E-state index is 13.1. The lowest BCUT2D eigenvalue weighted by molar-refractivity contribution is -0.138. The summed E-state index contributed by atoms with van der Waals surface area (Å²) >= 11 is 0. The van der Waals surface area contributed by atoms with Crippen LogP contribution in [0.15, 0.2) is 42.7 Å². The summed E-state index contributed by atoms with van der Waals surface area (Å²) in [5.74, 6) is 0.583. The Morgan fingerprint density at radius 3 is 2.44 bits per heavy atom. The van der Waals surface area contributed by atoms with E-state index in [0.29, 0.717) is 29.1 Å². The minimum absolute atomic E-state index is 0.104. The third kappa shape index (κ3) is 4.93. The average Bonchev–Trinajstić information content (AvgIpc) is 3.29. The molecule has 190 valence electrons. The molecule has 0 spiro atoms. The highest BCUT2D eigenvalue weighted by Gasteiger charge is 2.32. The molecule has 1 amide bonds. The van der Waals surface area contributed by atoms with Gasteiger partial charge in [-0.05, 0) is 64.8 Å². The number of piperidine rings is 1. The highest BCUT2D eigenvalue weighted by Crippen LogP contribution is 2.29. The molecule has 5 rings (SSSR count). The Morgan fingerprint density at radius 1 is 1.03 bits per heavy atom. The van der Waals surface area contributed by atoms with E-state index < -0.39 is 5.97 Å². The largest absolute Gasteiger partial charge is 0.478 e. The number of carboxylic acids is 1. The van der Waals surface area contributed by atoms with Gasteiger partial charge in [0.25, 0.3) is 0 Å². The molecular formula is C27H34N6O3. The predicted octanol–water partition coefficient (Wildman–Crippen LogP) is 3.64. The van der Waals surface area contributed by atoms with Gasteiger partial charge in [-0.2, -0.15) is 4.98 Å². The molecule has 1 saturated heterocycles. The lowest BCUT2D eigenvalue weighted by Gasteiger charge is -2.38. The Labute approximate surface area is 211 Å². The number of para-hydroxylation sites is 1. The van der Waals surface area contributed by atoms with E-state index in [2.05, 4.69) is 39.2 Å². The van der Waals surface area contributed by atoms with Gasteiger partial charge in [-0.15, -0.1) is 0 Å². The highest BCUT2D eigenvalue weighted by molar-refractivity contribution is 6.03. The van der Waals surface area contributed by atoms with E-state index in [1.807, 2.05) is 18.2 Å². The second-order valence-corrected chi connectivity index (χ2v) is 10.2. The van der Waals surface area contributed by atoms with Crippen LogP contribution in [0.4, 0.5) is 5.95 Å². The molecule has 9 heteroatoms. The van der Waals surface area contributed by atoms with Crippen molar-refractivity contribution in [1.29, 1.82) is 0 Å². The number of aromatic carboxylic acids is 1. The van der Waals surface area contributed by atoms with E-state index in [1.54, 1.807) is 29.1 Å². The number of rotatable bonds is 6. The monoisotopic (exact) mass is 490 g/mol. The molecule has 2 aromatic heterocycles. The summed E-state index contributed by atoms with van der Waals surface area (Å²) in [5.41, 5.74) is 1.03. The first-order chi connectivity index (χ1) is 17.4. The molecule has 9 nitrogen and oxygen atoms in total. The van der Waals surface area contributed by atoms with Crippen LogP contribution >= 0.6 is 0 Å². The summed E-state index contributed by atoms with van der Waals surface area (Å²) in [7, 11) is 4.23. The number of hydrogen-bond donors (Lipinski definition) is 2. The van der Waals surface area contributed by atoms with Gasteiger partial charge < -0.3 is 24.8 Å². The molecule has 2 fully saturated rings. The van der Waals surface area contributed by atoms with Gasteiger partial charge in [-0.25, -0.2) is 9.78 Å². The highest BCUT2D eigenvalue weighted by atomic mass is 16.4. The molecule has 36 heavy (non-hydrogen) atoms. The van der Waals surface area contributed by atoms with Crippen LogP contribution in [0.5, 0.6) is 0 Å². The zero-order chi connectivity index (χ0) is 25.2. The van der Waals surface area contributed by atoms with E-state index >= 15 is 0 Å². The first-order valence-electron chi connectivity index (χ1n) is 12.8. The number of amides is 1. The van der Waals surface area contributed by atoms with Gasteiger partial charge in [0.2, 0.25) is 11.9 Å². The van der Waals surface area contributed by atoms with E-state index in [0.717, 1.165) is 57.1 Å². The number of aromatic nitrogens is 3. The van der Waals surface area contributed by atoms with Gasteiger partial charge in [-0.3, -0.25) is 4.79 Å². The van der Waals surface area contributed by atoms with Gasteiger partial charge >= 0.3 is 5.97 Å². The standard InChI is InChI=1S/C27H34N6O3/c1-31(2)20-12-15-32(16-13-20)25(34)18-7-9-19(10-8-18)29-27-28-14-11-24(30-27)33-17-22(26(35)36)21-5-3-4-6-23(21)33/h3-6,11,14,17-20H,7-10,12-13,15-16H2,1-2H3,(H,35,36)(H,28,29,30). The maximum atomic E-state index is 13.1. The van der Waals surface area contributed by atoms with Crippen molar-refractivity contribution in [3.63, 3.8) is 0 Å². The van der Waals surface area contributed by atoms with Crippen LogP contribution in [0, 0.1) is 5.92 Å². The van der Waals surface area contributed by atoms with Crippen LogP contribution in [-0.4, -0.2) is 80.6 Å². The van der Waals surface area contributed by atoms with Crippen LogP contribution in [0.1, 0.15) is 48.9 Å². The zero-order valence-electron chi connectivity index (χ0n) is 20.9. The smallest absolute Gasteiger partial charge is 0.337 e. The molecule has 0 radical (unpaired) electrons. The van der Waals surface area contributed by atoms with Gasteiger partial charge in [0.15, 0.2) is 0 Å². The van der Waals surface area contributed by atoms with Crippen LogP contribution in [0.3, 0.4) is 0 Å². The van der Waals surface area contributed by atoms with E-state index in [-0.39, 0.29) is 17.5 Å². The van der Waals surface area contributed by atoms with Gasteiger partial charge in [0.05, 0.1) is 11.1 Å². The fourth-order valence-electron chi connectivity index (χ4n) is 5.62. The summed E-state index contributed by atoms with van der Waals surface area (Å²) < 4.78 is 1.79. The Morgan fingerprint density at radius 2 is 1.75 bits per heavy atom. The Kier molecular flexibility index (Phi) is 6.91. The number of anilines is 1. The quantitative estimate of drug-likeness (QED) is 0.544. The van der Waals surface area contributed by atoms with Crippen molar-refractivity contribution in [3.05, 3.63) is 48.3 Å². The Balaban J connectivity index is 1.21. The Bertz CT molecular complexity index is 1240. The topological polar surface area (TPSA) is 104 Å². The summed E-state index contributed by atoms with van der Waals surface area (Å²) in [6.45, 7) is 1.72. The van der Waals surface area contributed by atoms with Gasteiger partial charge in [0, 0.05) is 48.9 Å². The minimum Gasteiger partial charge on any atom is -0.478 e. The van der Waals surface area contributed by atoms with Crippen molar-refractivity contribution in [2.24, 2.45) is 5.92 Å². The molecule has 1 aliphatic heterocycles. The number of carbonyl (C=O) groups excluding carboxylic acids is 1. The summed E-state index contributed by atoms with van der Waals surface area (Å²) in [4.78, 5) is 38.2. The fourth-order valence-corrected chi connectivity index (χ4v) is 5.62. The molecule has 0 bridgehead atoms. The second kappa shape index (κ2) is 10.3. The van der Waals surface area contributed by atoms with Crippen LogP contribution < -0.4 is 5.32 Å². The van der Waals surface area contributed by atoms with Crippen molar-refractivity contribution in [2.75, 3.05) is 32.5 Å². The lowest BCUT2D eigenvalue weighted by Crippen LogP contribution is -2.47. The average molecular weight is 491 g/mol. The van der Waals surface area contributed by atoms with Gasteiger partial charge in [-0.1, -0.05) is 18.2 Å². The van der Waals surface area contributed by atoms with Crippen molar-refractivity contribution >= 4 is 28.7 Å². The van der Waals surface area contributed by atoms with Crippen LogP contribution in [0.25, 0.3) is 16.7 Å². The predicted molar refractivity (Wildman–Crippen MR) is 138 cm³/mol. The molecule has 3 aromatic rings. The van der Waals surface area contributed by atoms with Crippen molar-refractivity contribution in [3.8, 4) is 5.82 Å². The van der Waals surface area contributed by atoms with Crippen LogP contribution in [0.2, 0.25) is 0 Å². The first kappa shape index (κ1) is 24.2. The molecule has 1 saturated carbocycles. The molecule has 2 aliphatic rings. The summed E-state index contributed by atoms with van der Waals surface area (Å²) in [6, 6.07) is 9.97. The third-order valence-corrected chi connectivity index (χ3v) is 7.75. The minimum atomic E-state index is -0.967. The number of carbonyl (C=O) groups is 2. The summed E-state index contributed by atoms with van der Waals surface area (Å²) in [6.07, 6.45) is 8.93. The second-order valence-electron chi connectivity index (χ2n) is 10.2. The normalized spacial score (nSPS) is 21.1. The Hall–Kier alpha value is -3.46. The van der Waals surface area contributed by atoms with E-state index in [9.17, 15) is 14.7 Å². The van der Waals surface area contributed by atoms with Crippen molar-refractivity contribution in [1.82, 2.24) is 24.3 Å². The molecule has 2 N–H and O–H groups in total. The number of benzene rings is 1. The number of nitrogens with zero attached hydrogens (tertiary/aromatic N) is 5. The number of nitrogens with one attached hydrogen (secondary N) is 1. The molecule has 0 atom stereocenters. The molecule has 1 aliphatic carbocycles. The molecule has 1 aromatic carbocycles. The molecule has 3 heterocycles. The first-order valence-corrected chi connectivity index (χ1v) is 12.8. The molecule has 0 unspecified atom stereocenters. The maximum Gasteiger partial charge on any atom is 0.337 e. The number of carboxylic acid groups (broad SMARTS) is 1. The zero-order valence-corrected chi connectivity index (χ0v) is 20.9. The van der Waals surface area contributed by atoms with Crippen LogP contribution in [-0.2, 0) is 4.79 Å². The van der Waals surface area contributed by atoms with Gasteiger partial charge in [0.1, 0.15) is 5.82 Å². The summed E-state index contributed by atoms with van der Waals surface area (Å²) in [5, 5.41) is 13.7. The number of hydrogen-bond acceptors (Lipinski definition) is 6. The van der Waals surface area contributed by atoms with E-state index in [4.69, 9.17) is 0 Å².